The number of hydrogen-bond acceptors (Lipinski definition) is 3. The minimum Gasteiger partial charge on any atom is -0.469 e. The molecule has 0 saturated heterocycles. The van der Waals surface area contributed by atoms with E-state index < -0.39 is 0 Å². The Labute approximate surface area is 101 Å². The average molecular weight is 238 g/mol. The average Bonchev–Trinajstić information content (AvgIpc) is 2.71. The van der Waals surface area contributed by atoms with Crippen LogP contribution in [0.5, 0.6) is 0 Å². The van der Waals surface area contributed by atoms with Crippen molar-refractivity contribution in [3.05, 3.63) is 23.7 Å². The van der Waals surface area contributed by atoms with Crippen LogP contribution in [0, 0.1) is 6.92 Å². The summed E-state index contributed by atoms with van der Waals surface area (Å²) < 4.78 is 5.06. The van der Waals surface area contributed by atoms with Gasteiger partial charge in [0.1, 0.15) is 5.76 Å². The lowest BCUT2D eigenvalue weighted by Crippen LogP contribution is -2.38. The van der Waals surface area contributed by atoms with Crippen molar-refractivity contribution in [3.63, 3.8) is 0 Å². The Kier molecular flexibility index (Phi) is 4.75. The fourth-order valence-electron chi connectivity index (χ4n) is 1.42. The van der Waals surface area contributed by atoms with Gasteiger partial charge in [-0.05, 0) is 19.4 Å². The van der Waals surface area contributed by atoms with E-state index in [0.29, 0.717) is 17.9 Å². The van der Waals surface area contributed by atoms with Crippen LogP contribution in [0.3, 0.4) is 0 Å². The first-order valence-corrected chi connectivity index (χ1v) is 5.62. The standard InChI is InChI=1S/C12H18N2O3/c1-4-6-13-11(15)8-14(3)12(16)10-5-7-17-9(10)2/h5,7H,4,6,8H2,1-3H3,(H,13,15). The number of rotatable bonds is 5. The number of amides is 2. The molecule has 1 rings (SSSR count). The van der Waals surface area contributed by atoms with E-state index in [2.05, 4.69) is 5.32 Å². The summed E-state index contributed by atoms with van der Waals surface area (Å²) in [6.45, 7) is 4.39. The summed E-state index contributed by atoms with van der Waals surface area (Å²) >= 11 is 0. The van der Waals surface area contributed by atoms with E-state index >= 15 is 0 Å². The van der Waals surface area contributed by atoms with Gasteiger partial charge in [-0.3, -0.25) is 9.59 Å². The summed E-state index contributed by atoms with van der Waals surface area (Å²) in [6, 6.07) is 1.61. The third-order valence-electron chi connectivity index (χ3n) is 2.39. The van der Waals surface area contributed by atoms with E-state index in [1.165, 1.54) is 11.2 Å². The molecule has 0 aliphatic carbocycles. The highest BCUT2D eigenvalue weighted by Crippen LogP contribution is 2.10. The molecular weight excluding hydrogens is 220 g/mol. The Balaban J connectivity index is 2.53. The number of likely N-dealkylation sites (N-methyl/N-ethyl adjacent to an activating group) is 1. The second kappa shape index (κ2) is 6.08. The predicted octanol–water partition coefficient (Wildman–Crippen LogP) is 1.19. The second-order valence-corrected chi connectivity index (χ2v) is 3.90. The molecule has 0 saturated carbocycles. The van der Waals surface area contributed by atoms with Gasteiger partial charge in [-0.1, -0.05) is 6.92 Å². The van der Waals surface area contributed by atoms with Crippen molar-refractivity contribution in [2.75, 3.05) is 20.1 Å². The van der Waals surface area contributed by atoms with E-state index in [1.807, 2.05) is 6.92 Å². The molecule has 1 aromatic heterocycles. The van der Waals surface area contributed by atoms with E-state index in [1.54, 1.807) is 20.0 Å². The molecule has 2 amide bonds. The Bertz CT molecular complexity index is 398. The number of carbonyl (C=O) groups excluding carboxylic acids is 2. The second-order valence-electron chi connectivity index (χ2n) is 3.90. The summed E-state index contributed by atoms with van der Waals surface area (Å²) in [6.07, 6.45) is 2.35. The van der Waals surface area contributed by atoms with Crippen LogP contribution >= 0.6 is 0 Å². The van der Waals surface area contributed by atoms with Crippen LogP contribution in [0.25, 0.3) is 0 Å². The summed E-state index contributed by atoms with van der Waals surface area (Å²) in [7, 11) is 1.60. The molecule has 1 N–H and O–H groups in total. The van der Waals surface area contributed by atoms with Gasteiger partial charge < -0.3 is 14.6 Å². The Morgan fingerprint density at radius 3 is 2.71 bits per heavy atom. The number of nitrogens with zero attached hydrogens (tertiary/aromatic N) is 1. The van der Waals surface area contributed by atoms with Gasteiger partial charge in [-0.2, -0.15) is 0 Å². The van der Waals surface area contributed by atoms with Gasteiger partial charge in [0.15, 0.2) is 0 Å². The van der Waals surface area contributed by atoms with Crippen LogP contribution in [-0.4, -0.2) is 36.9 Å². The molecule has 0 aromatic carbocycles. The van der Waals surface area contributed by atoms with Crippen molar-refractivity contribution < 1.29 is 14.0 Å². The molecule has 0 bridgehead atoms. The molecule has 5 heteroatoms. The first-order valence-electron chi connectivity index (χ1n) is 5.62. The zero-order valence-electron chi connectivity index (χ0n) is 10.4. The van der Waals surface area contributed by atoms with E-state index in [4.69, 9.17) is 4.42 Å². The van der Waals surface area contributed by atoms with Gasteiger partial charge in [-0.15, -0.1) is 0 Å². The van der Waals surface area contributed by atoms with Gasteiger partial charge in [0.25, 0.3) is 5.91 Å². The quantitative estimate of drug-likeness (QED) is 0.838. The zero-order chi connectivity index (χ0) is 12.8. The van der Waals surface area contributed by atoms with Crippen molar-refractivity contribution in [3.8, 4) is 0 Å². The first kappa shape index (κ1) is 13.3. The monoisotopic (exact) mass is 238 g/mol. The molecule has 1 heterocycles. The molecule has 0 spiro atoms. The highest BCUT2D eigenvalue weighted by molar-refractivity contribution is 5.97. The van der Waals surface area contributed by atoms with Crippen molar-refractivity contribution in [2.45, 2.75) is 20.3 Å². The molecule has 1 aromatic rings. The number of hydrogen-bond donors (Lipinski definition) is 1. The van der Waals surface area contributed by atoms with Crippen molar-refractivity contribution >= 4 is 11.8 Å². The third kappa shape index (κ3) is 3.62. The molecular formula is C12H18N2O3. The molecule has 0 aliphatic heterocycles. The summed E-state index contributed by atoms with van der Waals surface area (Å²) in [4.78, 5) is 24.7. The van der Waals surface area contributed by atoms with E-state index in [-0.39, 0.29) is 18.4 Å². The maximum atomic E-state index is 11.9. The topological polar surface area (TPSA) is 62.6 Å². The normalized spacial score (nSPS) is 10.1. The zero-order valence-corrected chi connectivity index (χ0v) is 10.4. The van der Waals surface area contributed by atoms with Gasteiger partial charge in [0.05, 0.1) is 18.4 Å². The third-order valence-corrected chi connectivity index (χ3v) is 2.39. The molecule has 0 atom stereocenters. The van der Waals surface area contributed by atoms with Crippen molar-refractivity contribution in [1.82, 2.24) is 10.2 Å². The maximum Gasteiger partial charge on any atom is 0.257 e. The summed E-state index contributed by atoms with van der Waals surface area (Å²) in [5, 5.41) is 2.72. The van der Waals surface area contributed by atoms with Gasteiger partial charge >= 0.3 is 0 Å². The van der Waals surface area contributed by atoms with E-state index in [9.17, 15) is 9.59 Å². The van der Waals surface area contributed by atoms with Gasteiger partial charge in [0, 0.05) is 13.6 Å². The largest absolute Gasteiger partial charge is 0.469 e. The van der Waals surface area contributed by atoms with Gasteiger partial charge in [0.2, 0.25) is 5.91 Å². The minimum atomic E-state index is -0.206. The van der Waals surface area contributed by atoms with Crippen LogP contribution in [0.1, 0.15) is 29.5 Å². The molecule has 0 fully saturated rings. The van der Waals surface area contributed by atoms with Crippen molar-refractivity contribution in [1.29, 1.82) is 0 Å². The Morgan fingerprint density at radius 1 is 1.47 bits per heavy atom. The highest BCUT2D eigenvalue weighted by Gasteiger charge is 2.17. The van der Waals surface area contributed by atoms with Gasteiger partial charge in [-0.25, -0.2) is 0 Å². The number of furan rings is 1. The fourth-order valence-corrected chi connectivity index (χ4v) is 1.42. The lowest BCUT2D eigenvalue weighted by Gasteiger charge is -2.16. The fraction of sp³-hybridized carbons (Fsp3) is 0.500. The van der Waals surface area contributed by atoms with Crippen LogP contribution < -0.4 is 5.32 Å². The van der Waals surface area contributed by atoms with Crippen LogP contribution in [0.15, 0.2) is 16.7 Å². The SMILES string of the molecule is CCCNC(=O)CN(C)C(=O)c1ccoc1C. The smallest absolute Gasteiger partial charge is 0.257 e. The molecule has 17 heavy (non-hydrogen) atoms. The van der Waals surface area contributed by atoms with E-state index in [0.717, 1.165) is 6.42 Å². The molecule has 5 nitrogen and oxygen atoms in total. The van der Waals surface area contributed by atoms with Crippen LogP contribution in [0.2, 0.25) is 0 Å². The Hall–Kier alpha value is -1.78. The number of carbonyl (C=O) groups is 2. The minimum absolute atomic E-state index is 0.0590. The van der Waals surface area contributed by atoms with Crippen molar-refractivity contribution in [2.24, 2.45) is 0 Å². The number of nitrogens with one attached hydrogen (secondary N) is 1. The lowest BCUT2D eigenvalue weighted by molar-refractivity contribution is -0.121. The molecule has 94 valence electrons. The Morgan fingerprint density at radius 2 is 2.18 bits per heavy atom. The summed E-state index contributed by atoms with van der Waals surface area (Å²) in [5.74, 6) is 0.211. The molecule has 0 radical (unpaired) electrons. The first-order chi connectivity index (χ1) is 8.06. The highest BCUT2D eigenvalue weighted by atomic mass is 16.3. The molecule has 0 aliphatic rings. The van der Waals surface area contributed by atoms with Crippen LogP contribution in [-0.2, 0) is 4.79 Å². The summed E-state index contributed by atoms with van der Waals surface area (Å²) in [5.41, 5.74) is 0.496. The van der Waals surface area contributed by atoms with Crippen LogP contribution in [0.4, 0.5) is 0 Å². The predicted molar refractivity (Wildman–Crippen MR) is 63.7 cm³/mol. The maximum absolute atomic E-state index is 11.9. The lowest BCUT2D eigenvalue weighted by atomic mass is 10.2. The number of aryl methyl sites for hydroxylation is 1. The molecule has 0 unspecified atom stereocenters.